The Morgan fingerprint density at radius 2 is 1.60 bits per heavy atom. The van der Waals surface area contributed by atoms with Crippen LogP contribution in [0, 0.1) is 6.92 Å². The van der Waals surface area contributed by atoms with Gasteiger partial charge in [0.05, 0.1) is 5.39 Å². The third-order valence-corrected chi connectivity index (χ3v) is 5.08. The summed E-state index contributed by atoms with van der Waals surface area (Å²) in [6.45, 7) is 5.15. The first-order valence-corrected chi connectivity index (χ1v) is 8.55. The Morgan fingerprint density at radius 1 is 0.840 bits per heavy atom. The van der Waals surface area contributed by atoms with Gasteiger partial charge in [-0.25, -0.2) is 4.79 Å². The molecule has 25 heavy (non-hydrogen) atoms. The summed E-state index contributed by atoms with van der Waals surface area (Å²) in [5.74, 6) is 0. The minimum Gasteiger partial charge on any atom is -0.422 e. The van der Waals surface area contributed by atoms with Crippen molar-refractivity contribution >= 4 is 43.5 Å². The molecule has 0 unspecified atom stereocenters. The Morgan fingerprint density at radius 3 is 2.40 bits per heavy atom. The molecule has 0 fully saturated rings. The van der Waals surface area contributed by atoms with Gasteiger partial charge in [-0.05, 0) is 49.6 Å². The average Bonchev–Trinajstić information content (AvgIpc) is 2.92. The van der Waals surface area contributed by atoms with Crippen LogP contribution in [0.4, 0.5) is 0 Å². The van der Waals surface area contributed by atoms with Crippen LogP contribution in [0.1, 0.15) is 12.5 Å². The van der Waals surface area contributed by atoms with Gasteiger partial charge in [-0.3, -0.25) is 0 Å². The third kappa shape index (κ3) is 1.89. The van der Waals surface area contributed by atoms with E-state index in [4.69, 9.17) is 4.42 Å². The molecule has 0 aliphatic carbocycles. The minimum atomic E-state index is -0.280. The van der Waals surface area contributed by atoms with Gasteiger partial charge in [-0.1, -0.05) is 29.8 Å². The molecule has 122 valence electrons. The topological polar surface area (TPSA) is 35.1 Å². The van der Waals surface area contributed by atoms with E-state index in [1.807, 2.05) is 30.3 Å². The number of aryl methyl sites for hydroxylation is 2. The highest BCUT2D eigenvalue weighted by molar-refractivity contribution is 6.15. The van der Waals surface area contributed by atoms with Crippen molar-refractivity contribution in [1.29, 1.82) is 0 Å². The molecule has 0 saturated carbocycles. The van der Waals surface area contributed by atoms with E-state index >= 15 is 0 Å². The van der Waals surface area contributed by atoms with Gasteiger partial charge in [0.25, 0.3) is 0 Å². The average molecular weight is 327 g/mol. The molecule has 5 aromatic rings. The predicted octanol–water partition coefficient (Wildman–Crippen LogP) is 5.38. The molecule has 0 amide bonds. The predicted molar refractivity (Wildman–Crippen MR) is 103 cm³/mol. The summed E-state index contributed by atoms with van der Waals surface area (Å²) in [6.07, 6.45) is 0. The maximum absolute atomic E-state index is 12.3. The van der Waals surface area contributed by atoms with Crippen molar-refractivity contribution < 1.29 is 4.42 Å². The molecule has 0 atom stereocenters. The molecule has 2 aromatic heterocycles. The van der Waals surface area contributed by atoms with Crippen LogP contribution in [0.15, 0.2) is 63.8 Å². The van der Waals surface area contributed by atoms with E-state index in [9.17, 15) is 4.79 Å². The Balaban J connectivity index is 2.07. The van der Waals surface area contributed by atoms with E-state index < -0.39 is 0 Å². The maximum Gasteiger partial charge on any atom is 0.344 e. The fourth-order valence-electron chi connectivity index (χ4n) is 3.92. The molecule has 0 N–H and O–H groups in total. The van der Waals surface area contributed by atoms with Crippen molar-refractivity contribution in [1.82, 2.24) is 4.57 Å². The van der Waals surface area contributed by atoms with Crippen LogP contribution in [0.2, 0.25) is 0 Å². The Labute approximate surface area is 144 Å². The van der Waals surface area contributed by atoms with Crippen LogP contribution >= 0.6 is 0 Å². The summed E-state index contributed by atoms with van der Waals surface area (Å²) in [5, 5.41) is 4.89. The molecule has 0 bridgehead atoms. The van der Waals surface area contributed by atoms with Gasteiger partial charge in [0.1, 0.15) is 5.58 Å². The van der Waals surface area contributed by atoms with E-state index in [1.54, 1.807) is 0 Å². The Bertz CT molecular complexity index is 1360. The summed E-state index contributed by atoms with van der Waals surface area (Å²) in [5.41, 5.74) is 3.98. The Hall–Kier alpha value is -3.07. The van der Waals surface area contributed by atoms with E-state index in [2.05, 4.69) is 42.7 Å². The summed E-state index contributed by atoms with van der Waals surface area (Å²) in [6, 6.07) is 18.3. The lowest BCUT2D eigenvalue weighted by molar-refractivity contribution is 0.570. The number of fused-ring (bicyclic) bond motifs is 6. The highest BCUT2D eigenvalue weighted by Gasteiger charge is 2.14. The van der Waals surface area contributed by atoms with Gasteiger partial charge in [-0.2, -0.15) is 0 Å². The smallest absolute Gasteiger partial charge is 0.344 e. The summed E-state index contributed by atoms with van der Waals surface area (Å²) < 4.78 is 7.96. The monoisotopic (exact) mass is 327 g/mol. The number of hydrogen-bond donors (Lipinski definition) is 0. The Kier molecular flexibility index (Phi) is 2.84. The number of benzene rings is 3. The first kappa shape index (κ1) is 14.3. The van der Waals surface area contributed by atoms with Crippen LogP contribution in [0.5, 0.6) is 0 Å². The van der Waals surface area contributed by atoms with Gasteiger partial charge >= 0.3 is 5.63 Å². The van der Waals surface area contributed by atoms with Crippen molar-refractivity contribution in [3.8, 4) is 0 Å². The fourth-order valence-corrected chi connectivity index (χ4v) is 3.92. The van der Waals surface area contributed by atoms with Crippen molar-refractivity contribution in [2.24, 2.45) is 0 Å². The molecular weight excluding hydrogens is 310 g/mol. The number of rotatable bonds is 1. The second-order valence-electron chi connectivity index (χ2n) is 6.57. The minimum absolute atomic E-state index is 0.280. The van der Waals surface area contributed by atoms with E-state index in [1.165, 1.54) is 22.0 Å². The summed E-state index contributed by atoms with van der Waals surface area (Å²) >= 11 is 0. The second-order valence-corrected chi connectivity index (χ2v) is 6.57. The first-order chi connectivity index (χ1) is 12.2. The van der Waals surface area contributed by atoms with Crippen molar-refractivity contribution in [2.75, 3.05) is 0 Å². The lowest BCUT2D eigenvalue weighted by atomic mass is 10.0. The highest BCUT2D eigenvalue weighted by Crippen LogP contribution is 2.34. The second kappa shape index (κ2) is 4.96. The van der Waals surface area contributed by atoms with Crippen LogP contribution in [0.25, 0.3) is 43.5 Å². The van der Waals surface area contributed by atoms with Gasteiger partial charge < -0.3 is 8.98 Å². The van der Waals surface area contributed by atoms with E-state index in [-0.39, 0.29) is 5.63 Å². The van der Waals surface area contributed by atoms with Crippen molar-refractivity contribution in [3.63, 3.8) is 0 Å². The SMILES string of the molecule is CCn1c2ccc(C)cc2c2cc3oc(=O)c4ccccc4c3cc21. The molecule has 3 aromatic carbocycles. The zero-order valence-electron chi connectivity index (χ0n) is 14.2. The summed E-state index contributed by atoms with van der Waals surface area (Å²) in [7, 11) is 0. The van der Waals surface area contributed by atoms with Crippen LogP contribution in [-0.4, -0.2) is 4.57 Å². The lowest BCUT2D eigenvalue weighted by Crippen LogP contribution is -1.99. The summed E-state index contributed by atoms with van der Waals surface area (Å²) in [4.78, 5) is 12.3. The highest BCUT2D eigenvalue weighted by atomic mass is 16.4. The van der Waals surface area contributed by atoms with E-state index in [0.29, 0.717) is 11.0 Å². The third-order valence-electron chi connectivity index (χ3n) is 5.08. The lowest BCUT2D eigenvalue weighted by Gasteiger charge is -2.06. The largest absolute Gasteiger partial charge is 0.422 e. The van der Waals surface area contributed by atoms with Gasteiger partial charge in [0.2, 0.25) is 0 Å². The molecule has 5 rings (SSSR count). The zero-order chi connectivity index (χ0) is 17.1. The molecular formula is C22H17NO2. The molecule has 2 heterocycles. The number of hydrogen-bond acceptors (Lipinski definition) is 2. The van der Waals surface area contributed by atoms with Crippen LogP contribution in [-0.2, 0) is 6.54 Å². The molecule has 3 nitrogen and oxygen atoms in total. The molecule has 0 aliphatic heterocycles. The quantitative estimate of drug-likeness (QED) is 0.306. The first-order valence-electron chi connectivity index (χ1n) is 8.55. The van der Waals surface area contributed by atoms with Gasteiger partial charge in [0, 0.05) is 33.7 Å². The standard InChI is InChI=1S/C22H17NO2/c1-3-23-19-9-8-13(2)10-16(19)17-12-21-18(11-20(17)23)14-6-4-5-7-15(14)22(24)25-21/h4-12H,3H2,1-2H3. The molecule has 0 spiro atoms. The number of aromatic nitrogens is 1. The van der Waals surface area contributed by atoms with Gasteiger partial charge in [-0.15, -0.1) is 0 Å². The zero-order valence-corrected chi connectivity index (χ0v) is 14.2. The van der Waals surface area contributed by atoms with Crippen LogP contribution in [0.3, 0.4) is 0 Å². The normalized spacial score (nSPS) is 11.9. The molecule has 0 radical (unpaired) electrons. The van der Waals surface area contributed by atoms with Crippen molar-refractivity contribution in [3.05, 3.63) is 70.6 Å². The van der Waals surface area contributed by atoms with Gasteiger partial charge in [0.15, 0.2) is 0 Å². The number of nitrogens with zero attached hydrogens (tertiary/aromatic N) is 1. The molecule has 0 aliphatic rings. The van der Waals surface area contributed by atoms with Crippen molar-refractivity contribution in [2.45, 2.75) is 20.4 Å². The fraction of sp³-hybridized carbons (Fsp3) is 0.136. The van der Waals surface area contributed by atoms with E-state index in [0.717, 1.165) is 22.7 Å². The molecule has 3 heteroatoms. The molecule has 0 saturated heterocycles. The maximum atomic E-state index is 12.3. The van der Waals surface area contributed by atoms with Crippen LogP contribution < -0.4 is 5.63 Å².